The van der Waals surface area contributed by atoms with E-state index >= 15 is 0 Å². The second-order valence-electron chi connectivity index (χ2n) is 4.72. The van der Waals surface area contributed by atoms with E-state index in [0.717, 1.165) is 24.2 Å². The molecule has 6 nitrogen and oxygen atoms in total. The maximum Gasteiger partial charge on any atom is 0.291 e. The summed E-state index contributed by atoms with van der Waals surface area (Å²) in [5.41, 5.74) is 7.32. The molecule has 20 heavy (non-hydrogen) atoms. The van der Waals surface area contributed by atoms with Crippen molar-refractivity contribution in [2.24, 2.45) is 0 Å². The molecule has 1 aromatic carbocycles. The lowest BCUT2D eigenvalue weighted by Crippen LogP contribution is -2.27. The quantitative estimate of drug-likeness (QED) is 0.724. The average molecular weight is 273 g/mol. The van der Waals surface area contributed by atoms with Crippen molar-refractivity contribution < 1.29 is 4.79 Å². The van der Waals surface area contributed by atoms with E-state index in [2.05, 4.69) is 20.5 Å². The van der Waals surface area contributed by atoms with Gasteiger partial charge in [-0.05, 0) is 31.0 Å². The van der Waals surface area contributed by atoms with Crippen molar-refractivity contribution >= 4 is 11.6 Å². The maximum atomic E-state index is 12.0. The second-order valence-corrected chi connectivity index (χ2v) is 4.72. The molecule has 2 rings (SSSR count). The van der Waals surface area contributed by atoms with E-state index < -0.39 is 0 Å². The molecule has 6 heteroatoms. The highest BCUT2D eigenvalue weighted by molar-refractivity contribution is 5.90. The lowest BCUT2D eigenvalue weighted by atomic mass is 10.1. The number of hydrogen-bond acceptors (Lipinski definition) is 4. The van der Waals surface area contributed by atoms with Gasteiger partial charge in [0, 0.05) is 12.1 Å². The lowest BCUT2D eigenvalue weighted by molar-refractivity contribution is 0.0929. The molecule has 1 atom stereocenters. The van der Waals surface area contributed by atoms with Crippen LogP contribution < -0.4 is 11.1 Å². The molecule has 0 fully saturated rings. The van der Waals surface area contributed by atoms with E-state index in [9.17, 15) is 4.79 Å². The maximum absolute atomic E-state index is 12.0. The van der Waals surface area contributed by atoms with Gasteiger partial charge in [-0.2, -0.15) is 0 Å². The smallest absolute Gasteiger partial charge is 0.291 e. The Labute approximate surface area is 117 Å². The van der Waals surface area contributed by atoms with Crippen LogP contribution in [0.15, 0.2) is 24.3 Å². The van der Waals surface area contributed by atoms with Crippen molar-refractivity contribution in [3.8, 4) is 0 Å². The van der Waals surface area contributed by atoms with Gasteiger partial charge in [-0.25, -0.2) is 4.98 Å². The van der Waals surface area contributed by atoms with Gasteiger partial charge in [-0.1, -0.05) is 19.1 Å². The molecule has 0 aliphatic rings. The minimum Gasteiger partial charge on any atom is -0.399 e. The molecule has 0 spiro atoms. The minimum atomic E-state index is -0.284. The zero-order chi connectivity index (χ0) is 14.5. The summed E-state index contributed by atoms with van der Waals surface area (Å²) in [4.78, 5) is 16.2. The zero-order valence-corrected chi connectivity index (χ0v) is 11.7. The van der Waals surface area contributed by atoms with Crippen molar-refractivity contribution in [2.45, 2.75) is 32.7 Å². The number of rotatable bonds is 5. The first-order valence-corrected chi connectivity index (χ1v) is 6.67. The monoisotopic (exact) mass is 273 g/mol. The van der Waals surface area contributed by atoms with E-state index in [-0.39, 0.29) is 17.8 Å². The van der Waals surface area contributed by atoms with Crippen molar-refractivity contribution in [3.63, 3.8) is 0 Å². The molecular weight excluding hydrogens is 254 g/mol. The number of carbonyl (C=O) groups is 1. The van der Waals surface area contributed by atoms with Crippen LogP contribution in [0.4, 0.5) is 5.69 Å². The molecule has 1 heterocycles. The Kier molecular flexibility index (Phi) is 4.34. The van der Waals surface area contributed by atoms with Gasteiger partial charge in [0.05, 0.1) is 6.04 Å². The average Bonchev–Trinajstić information content (AvgIpc) is 2.88. The van der Waals surface area contributed by atoms with Crippen LogP contribution in [0.3, 0.4) is 0 Å². The predicted octanol–water partition coefficient (Wildman–Crippen LogP) is 1.83. The lowest BCUT2D eigenvalue weighted by Gasteiger charge is -2.13. The van der Waals surface area contributed by atoms with Crippen LogP contribution in [0.2, 0.25) is 0 Å². The molecule has 0 saturated heterocycles. The van der Waals surface area contributed by atoms with Crippen LogP contribution in [-0.2, 0) is 6.42 Å². The number of nitrogens with two attached hydrogens (primary N) is 1. The molecule has 4 N–H and O–H groups in total. The van der Waals surface area contributed by atoms with Gasteiger partial charge in [-0.3, -0.25) is 9.89 Å². The number of H-pyrrole nitrogens is 1. The summed E-state index contributed by atoms with van der Waals surface area (Å²) in [5, 5.41) is 9.56. The first kappa shape index (κ1) is 14.0. The van der Waals surface area contributed by atoms with Crippen LogP contribution in [-0.4, -0.2) is 21.1 Å². The fourth-order valence-electron chi connectivity index (χ4n) is 1.87. The molecule has 1 aromatic heterocycles. The Morgan fingerprint density at radius 3 is 2.75 bits per heavy atom. The molecule has 2 aromatic rings. The highest BCUT2D eigenvalue weighted by atomic mass is 16.2. The highest BCUT2D eigenvalue weighted by Gasteiger charge is 2.15. The third-order valence-corrected chi connectivity index (χ3v) is 3.01. The van der Waals surface area contributed by atoms with E-state index in [1.165, 1.54) is 0 Å². The largest absolute Gasteiger partial charge is 0.399 e. The number of aryl methyl sites for hydroxylation is 1. The van der Waals surface area contributed by atoms with Gasteiger partial charge in [-0.15, -0.1) is 5.10 Å². The van der Waals surface area contributed by atoms with Gasteiger partial charge in [0.2, 0.25) is 5.82 Å². The number of aromatic nitrogens is 3. The molecule has 0 bridgehead atoms. The molecular formula is C14H19N5O. The summed E-state index contributed by atoms with van der Waals surface area (Å²) in [6.45, 7) is 3.95. The van der Waals surface area contributed by atoms with Crippen molar-refractivity contribution in [1.29, 1.82) is 0 Å². The van der Waals surface area contributed by atoms with E-state index in [1.54, 1.807) is 0 Å². The number of hydrogen-bond donors (Lipinski definition) is 3. The van der Waals surface area contributed by atoms with Gasteiger partial charge >= 0.3 is 0 Å². The summed E-state index contributed by atoms with van der Waals surface area (Å²) >= 11 is 0. The third-order valence-electron chi connectivity index (χ3n) is 3.01. The summed E-state index contributed by atoms with van der Waals surface area (Å²) < 4.78 is 0. The van der Waals surface area contributed by atoms with E-state index in [1.807, 2.05) is 38.1 Å². The second kappa shape index (κ2) is 6.18. The highest BCUT2D eigenvalue weighted by Crippen LogP contribution is 2.14. The molecule has 106 valence electrons. The standard InChI is InChI=1S/C14H19N5O/c1-3-4-12-17-13(19-18-12)14(20)16-9(2)10-5-7-11(15)8-6-10/h5-9H,3-4,15H2,1-2H3,(H,16,20)(H,17,18,19). The number of nitrogens with zero attached hydrogens (tertiary/aromatic N) is 2. The normalized spacial score (nSPS) is 12.1. The molecule has 0 aliphatic carbocycles. The van der Waals surface area contributed by atoms with E-state index in [0.29, 0.717) is 5.69 Å². The third kappa shape index (κ3) is 3.34. The Hall–Kier alpha value is -2.37. The number of nitrogens with one attached hydrogen (secondary N) is 2. The van der Waals surface area contributed by atoms with Crippen LogP contribution >= 0.6 is 0 Å². The summed E-state index contributed by atoms with van der Waals surface area (Å²) in [5.74, 6) is 0.626. The molecule has 0 aliphatic heterocycles. The van der Waals surface area contributed by atoms with Crippen molar-refractivity contribution in [2.75, 3.05) is 5.73 Å². The van der Waals surface area contributed by atoms with Gasteiger partial charge in [0.25, 0.3) is 5.91 Å². The predicted molar refractivity (Wildman–Crippen MR) is 77.1 cm³/mol. The van der Waals surface area contributed by atoms with E-state index in [4.69, 9.17) is 5.73 Å². The molecule has 1 unspecified atom stereocenters. The van der Waals surface area contributed by atoms with Crippen LogP contribution in [0.25, 0.3) is 0 Å². The Morgan fingerprint density at radius 1 is 1.40 bits per heavy atom. The first-order valence-electron chi connectivity index (χ1n) is 6.67. The van der Waals surface area contributed by atoms with Crippen molar-refractivity contribution in [3.05, 3.63) is 41.5 Å². The van der Waals surface area contributed by atoms with Gasteiger partial charge in [0.1, 0.15) is 5.82 Å². The van der Waals surface area contributed by atoms with Crippen LogP contribution in [0.5, 0.6) is 0 Å². The zero-order valence-electron chi connectivity index (χ0n) is 11.7. The summed E-state index contributed by atoms with van der Waals surface area (Å²) in [7, 11) is 0. The SMILES string of the molecule is CCCc1nc(C(=O)NC(C)c2ccc(N)cc2)n[nH]1. The van der Waals surface area contributed by atoms with Crippen LogP contribution in [0.1, 0.15) is 48.3 Å². The first-order chi connectivity index (χ1) is 9.60. The molecule has 0 radical (unpaired) electrons. The summed E-state index contributed by atoms with van der Waals surface area (Å²) in [6.07, 6.45) is 1.74. The van der Waals surface area contributed by atoms with Crippen molar-refractivity contribution in [1.82, 2.24) is 20.5 Å². The molecule has 1 amide bonds. The topological polar surface area (TPSA) is 96.7 Å². The number of nitrogen functional groups attached to an aromatic ring is 1. The number of amides is 1. The fourth-order valence-corrected chi connectivity index (χ4v) is 1.87. The summed E-state index contributed by atoms with van der Waals surface area (Å²) in [6, 6.07) is 7.27. The Morgan fingerprint density at radius 2 is 2.10 bits per heavy atom. The van der Waals surface area contributed by atoms with Gasteiger partial charge in [0.15, 0.2) is 0 Å². The number of anilines is 1. The fraction of sp³-hybridized carbons (Fsp3) is 0.357. The van der Waals surface area contributed by atoms with Crippen LogP contribution in [0, 0.1) is 0 Å². The Balaban J connectivity index is 2.01. The number of carbonyl (C=O) groups excluding carboxylic acids is 1. The number of benzene rings is 1. The Bertz CT molecular complexity index is 576. The minimum absolute atomic E-state index is 0.128. The van der Waals surface area contributed by atoms with Gasteiger partial charge < -0.3 is 11.1 Å². The number of aromatic amines is 1. The molecule has 0 saturated carbocycles.